The molecule has 1 atom stereocenters. The van der Waals surface area contributed by atoms with Gasteiger partial charge in [0, 0.05) is 12.4 Å². The predicted molar refractivity (Wildman–Crippen MR) is 57.9 cm³/mol. The minimum atomic E-state index is -1.35. The third kappa shape index (κ3) is 5.42. The van der Waals surface area contributed by atoms with Crippen LogP contribution in [0.15, 0.2) is 24.3 Å². The summed E-state index contributed by atoms with van der Waals surface area (Å²) in [6.45, 7) is 1.39. The fraction of sp³-hybridized carbons (Fsp3) is 0.250. The van der Waals surface area contributed by atoms with Gasteiger partial charge in [-0.1, -0.05) is 12.1 Å². The van der Waals surface area contributed by atoms with Crippen molar-refractivity contribution >= 4 is 17.9 Å². The summed E-state index contributed by atoms with van der Waals surface area (Å²) in [5, 5.41) is 19.2. The van der Waals surface area contributed by atoms with E-state index in [9.17, 15) is 19.5 Å². The maximum Gasteiger partial charge on any atom is 1.00 e. The van der Waals surface area contributed by atoms with E-state index in [-0.39, 0.29) is 40.7 Å². The fourth-order valence-corrected chi connectivity index (χ4v) is 1.37. The normalized spacial score (nSPS) is 11.0. The molecule has 1 aromatic carbocycles. The monoisotopic (exact) mass is 274 g/mol. The van der Waals surface area contributed by atoms with Gasteiger partial charge in [0.15, 0.2) is 0 Å². The third-order valence-corrected chi connectivity index (χ3v) is 2.14. The zero-order chi connectivity index (χ0) is 13.7. The molecule has 19 heavy (non-hydrogen) atoms. The smallest absolute Gasteiger partial charge is 0.550 e. The molecule has 0 saturated carbocycles. The summed E-state index contributed by atoms with van der Waals surface area (Å²) in [6, 6.07) is 5.54. The minimum Gasteiger partial charge on any atom is -0.550 e. The van der Waals surface area contributed by atoms with Crippen LogP contribution in [0.1, 0.15) is 34.1 Å². The first-order chi connectivity index (χ1) is 8.41. The summed E-state index contributed by atoms with van der Waals surface area (Å²) in [5.41, 5.74) is -0.307. The average Bonchev–Trinajstić information content (AvgIpc) is 2.27. The van der Waals surface area contributed by atoms with Crippen molar-refractivity contribution in [2.75, 3.05) is 0 Å². The first kappa shape index (κ1) is 17.6. The molecule has 0 amide bonds. The van der Waals surface area contributed by atoms with Crippen molar-refractivity contribution in [2.45, 2.75) is 19.4 Å². The molecule has 0 spiro atoms. The molecule has 0 aromatic heterocycles. The molecule has 0 aliphatic carbocycles. The van der Waals surface area contributed by atoms with Gasteiger partial charge >= 0.3 is 41.5 Å². The second kappa shape index (κ2) is 7.93. The number of benzene rings is 1. The second-order valence-electron chi connectivity index (χ2n) is 3.64. The molecular formula is C12H11NaO6. The molecule has 0 fully saturated rings. The summed E-state index contributed by atoms with van der Waals surface area (Å²) in [4.78, 5) is 32.8. The maximum atomic E-state index is 11.7. The molecule has 0 radical (unpaired) electrons. The van der Waals surface area contributed by atoms with Crippen LogP contribution in [0.4, 0.5) is 0 Å². The zero-order valence-corrected chi connectivity index (χ0v) is 12.6. The number of hydrogen-bond donors (Lipinski definition) is 1. The molecule has 1 N–H and O–H groups in total. The van der Waals surface area contributed by atoms with Gasteiger partial charge in [-0.2, -0.15) is 0 Å². The van der Waals surface area contributed by atoms with Crippen LogP contribution in [0.3, 0.4) is 0 Å². The van der Waals surface area contributed by atoms with Crippen LogP contribution in [-0.2, 0) is 9.53 Å². The van der Waals surface area contributed by atoms with E-state index < -0.39 is 30.4 Å². The SMILES string of the molecule is CC(CC(=O)[O-])OC(=O)c1ccccc1C(=O)O.[Na+]. The number of aromatic carboxylic acids is 1. The Morgan fingerprint density at radius 3 is 2.26 bits per heavy atom. The predicted octanol–water partition coefficient (Wildman–Crippen LogP) is -2.93. The molecule has 0 aliphatic heterocycles. The minimum absolute atomic E-state index is 0. The van der Waals surface area contributed by atoms with Gasteiger partial charge in [-0.25, -0.2) is 9.59 Å². The Balaban J connectivity index is 0.00000324. The number of carbonyl (C=O) groups is 3. The topological polar surface area (TPSA) is 104 Å². The van der Waals surface area contributed by atoms with Crippen LogP contribution in [0.5, 0.6) is 0 Å². The molecule has 1 unspecified atom stereocenters. The van der Waals surface area contributed by atoms with E-state index in [1.54, 1.807) is 0 Å². The van der Waals surface area contributed by atoms with E-state index in [0.29, 0.717) is 0 Å². The van der Waals surface area contributed by atoms with Crippen LogP contribution in [0.25, 0.3) is 0 Å². The maximum absolute atomic E-state index is 11.7. The van der Waals surface area contributed by atoms with Gasteiger partial charge in [-0.3, -0.25) is 0 Å². The summed E-state index contributed by atoms with van der Waals surface area (Å²) in [7, 11) is 0. The molecule has 6 nitrogen and oxygen atoms in total. The Morgan fingerprint density at radius 1 is 1.26 bits per heavy atom. The molecule has 0 bridgehead atoms. The van der Waals surface area contributed by atoms with Crippen molar-refractivity contribution in [2.24, 2.45) is 0 Å². The standard InChI is InChI=1S/C12H12O6.Na/c1-7(6-10(13)14)18-12(17)9-5-3-2-4-8(9)11(15)16;/h2-5,7H,6H2,1H3,(H,13,14)(H,15,16);/q;+1/p-1. The van der Waals surface area contributed by atoms with Gasteiger partial charge in [-0.05, 0) is 19.1 Å². The van der Waals surface area contributed by atoms with Crippen molar-refractivity contribution in [1.82, 2.24) is 0 Å². The number of ether oxygens (including phenoxy) is 1. The molecule has 1 rings (SSSR count). The van der Waals surface area contributed by atoms with Crippen LogP contribution < -0.4 is 34.7 Å². The number of esters is 1. The van der Waals surface area contributed by atoms with E-state index in [4.69, 9.17) is 9.84 Å². The fourth-order valence-electron chi connectivity index (χ4n) is 1.37. The van der Waals surface area contributed by atoms with E-state index in [1.807, 2.05) is 0 Å². The van der Waals surface area contributed by atoms with Gasteiger partial charge in [0.25, 0.3) is 0 Å². The Morgan fingerprint density at radius 2 is 1.79 bits per heavy atom. The first-order valence-electron chi connectivity index (χ1n) is 5.15. The van der Waals surface area contributed by atoms with E-state index in [2.05, 4.69) is 0 Å². The summed E-state index contributed by atoms with van der Waals surface area (Å²) < 4.78 is 4.81. The Labute approximate surface area is 131 Å². The summed E-state index contributed by atoms with van der Waals surface area (Å²) >= 11 is 0. The third-order valence-electron chi connectivity index (χ3n) is 2.14. The van der Waals surface area contributed by atoms with Crippen molar-refractivity contribution in [1.29, 1.82) is 0 Å². The van der Waals surface area contributed by atoms with Crippen LogP contribution in [0, 0.1) is 0 Å². The van der Waals surface area contributed by atoms with E-state index in [1.165, 1.54) is 31.2 Å². The van der Waals surface area contributed by atoms with Crippen LogP contribution in [-0.4, -0.2) is 29.1 Å². The van der Waals surface area contributed by atoms with Gasteiger partial charge in [0.2, 0.25) is 0 Å². The number of rotatable bonds is 5. The quantitative estimate of drug-likeness (QED) is 0.455. The summed E-state index contributed by atoms with van der Waals surface area (Å²) in [6.07, 6.45) is -1.33. The molecule has 0 heterocycles. The number of hydrogen-bond acceptors (Lipinski definition) is 5. The first-order valence-corrected chi connectivity index (χ1v) is 5.15. The van der Waals surface area contributed by atoms with Crippen molar-refractivity contribution in [3.8, 4) is 0 Å². The van der Waals surface area contributed by atoms with Gasteiger partial charge in [0.05, 0.1) is 11.1 Å². The Hall–Kier alpha value is -1.37. The number of carbonyl (C=O) groups excluding carboxylic acids is 2. The Kier molecular flexibility index (Phi) is 7.36. The molecule has 7 heteroatoms. The van der Waals surface area contributed by atoms with Crippen molar-refractivity contribution in [3.05, 3.63) is 35.4 Å². The Bertz CT molecular complexity index is 485. The van der Waals surface area contributed by atoms with E-state index in [0.717, 1.165) is 0 Å². The number of aliphatic carboxylic acids is 1. The summed E-state index contributed by atoms with van der Waals surface area (Å²) in [5.74, 6) is -3.47. The second-order valence-corrected chi connectivity index (χ2v) is 3.64. The zero-order valence-electron chi connectivity index (χ0n) is 10.6. The van der Waals surface area contributed by atoms with Crippen molar-refractivity contribution in [3.63, 3.8) is 0 Å². The number of carboxylic acids is 2. The van der Waals surface area contributed by atoms with Gasteiger partial charge < -0.3 is 19.7 Å². The van der Waals surface area contributed by atoms with Crippen LogP contribution >= 0.6 is 0 Å². The molecular weight excluding hydrogens is 263 g/mol. The van der Waals surface area contributed by atoms with Crippen molar-refractivity contribution < 1.29 is 58.9 Å². The van der Waals surface area contributed by atoms with E-state index >= 15 is 0 Å². The molecule has 0 aliphatic rings. The van der Waals surface area contributed by atoms with Gasteiger partial charge in [-0.15, -0.1) is 0 Å². The van der Waals surface area contributed by atoms with Crippen LogP contribution in [0.2, 0.25) is 0 Å². The molecule has 0 saturated heterocycles. The molecule has 96 valence electrons. The van der Waals surface area contributed by atoms with Gasteiger partial charge in [0.1, 0.15) is 6.10 Å². The molecule has 1 aromatic rings. The number of carboxylic acid groups (broad SMARTS) is 2. The largest absolute Gasteiger partial charge is 1.00 e. The average molecular weight is 274 g/mol.